The summed E-state index contributed by atoms with van der Waals surface area (Å²) < 4.78 is 0. The Balaban J connectivity index is 2.17. The van der Waals surface area contributed by atoms with E-state index in [2.05, 4.69) is 16.7 Å². The number of hydrogen-bond donors (Lipinski definition) is 1. The van der Waals surface area contributed by atoms with Crippen LogP contribution in [0.25, 0.3) is 0 Å². The first kappa shape index (κ1) is 7.98. The molecule has 1 fully saturated rings. The Labute approximate surface area is 62.8 Å². The molecule has 0 aromatic carbocycles. The first-order valence-electron chi connectivity index (χ1n) is 4.01. The average molecular weight is 143 g/mol. The lowest BCUT2D eigenvalue weighted by Gasteiger charge is -2.32. The van der Waals surface area contributed by atoms with E-state index in [0.717, 1.165) is 19.8 Å². The highest BCUT2D eigenvalue weighted by Crippen LogP contribution is 1.97. The van der Waals surface area contributed by atoms with Crippen LogP contribution in [0.2, 0.25) is 0 Å². The van der Waals surface area contributed by atoms with E-state index in [4.69, 9.17) is 5.73 Å². The normalized spacial score (nSPS) is 23.4. The highest BCUT2D eigenvalue weighted by Gasteiger charge is 2.12. The van der Waals surface area contributed by atoms with Gasteiger partial charge in [-0.3, -0.25) is 4.90 Å². The molecule has 0 aliphatic carbocycles. The van der Waals surface area contributed by atoms with Crippen molar-refractivity contribution in [3.63, 3.8) is 0 Å². The average Bonchev–Trinajstić information content (AvgIpc) is 2.05. The van der Waals surface area contributed by atoms with Crippen molar-refractivity contribution in [3.05, 3.63) is 0 Å². The van der Waals surface area contributed by atoms with Crippen LogP contribution in [0.5, 0.6) is 0 Å². The molecule has 1 aliphatic rings. The second-order valence-corrected chi connectivity index (χ2v) is 2.73. The smallest absolute Gasteiger partial charge is 0.0456 e. The number of hydrogen-bond acceptors (Lipinski definition) is 3. The summed E-state index contributed by atoms with van der Waals surface area (Å²) in [6.45, 7) is 8.77. The Kier molecular flexibility index (Phi) is 3.12. The molecular formula is C7H17N3. The van der Waals surface area contributed by atoms with Gasteiger partial charge in [0.15, 0.2) is 0 Å². The van der Waals surface area contributed by atoms with Crippen LogP contribution >= 0.6 is 0 Å². The summed E-state index contributed by atoms with van der Waals surface area (Å²) in [6.07, 6.45) is 0. The third-order valence-corrected chi connectivity index (χ3v) is 2.17. The van der Waals surface area contributed by atoms with Crippen molar-refractivity contribution in [1.29, 1.82) is 0 Å². The molecule has 0 radical (unpaired) electrons. The SMILES string of the molecule is CCN1CCN(CN)CC1. The van der Waals surface area contributed by atoms with Gasteiger partial charge in [-0.2, -0.15) is 0 Å². The Morgan fingerprint density at radius 2 is 1.60 bits per heavy atom. The van der Waals surface area contributed by atoms with Gasteiger partial charge >= 0.3 is 0 Å². The van der Waals surface area contributed by atoms with Crippen LogP contribution in [-0.4, -0.2) is 49.2 Å². The van der Waals surface area contributed by atoms with Crippen LogP contribution in [-0.2, 0) is 0 Å². The monoisotopic (exact) mass is 143 g/mol. The Morgan fingerprint density at radius 3 is 2.00 bits per heavy atom. The van der Waals surface area contributed by atoms with E-state index >= 15 is 0 Å². The van der Waals surface area contributed by atoms with E-state index in [-0.39, 0.29) is 0 Å². The van der Waals surface area contributed by atoms with E-state index in [1.54, 1.807) is 0 Å². The highest BCUT2D eigenvalue weighted by molar-refractivity contribution is 4.68. The molecule has 0 unspecified atom stereocenters. The quantitative estimate of drug-likeness (QED) is 0.568. The molecule has 0 aromatic heterocycles. The molecule has 0 amide bonds. The second kappa shape index (κ2) is 3.91. The molecule has 1 aliphatic heterocycles. The molecule has 3 nitrogen and oxygen atoms in total. The van der Waals surface area contributed by atoms with Gasteiger partial charge in [-0.05, 0) is 6.54 Å². The number of piperazine rings is 1. The van der Waals surface area contributed by atoms with E-state index in [1.807, 2.05) is 0 Å². The predicted molar refractivity (Wildman–Crippen MR) is 42.7 cm³/mol. The maximum absolute atomic E-state index is 5.50. The zero-order valence-corrected chi connectivity index (χ0v) is 6.71. The molecule has 10 heavy (non-hydrogen) atoms. The van der Waals surface area contributed by atoms with Crippen molar-refractivity contribution in [2.45, 2.75) is 6.92 Å². The maximum atomic E-state index is 5.50. The van der Waals surface area contributed by atoms with Crippen molar-refractivity contribution >= 4 is 0 Å². The molecular weight excluding hydrogens is 126 g/mol. The Hall–Kier alpha value is -0.120. The highest BCUT2D eigenvalue weighted by atomic mass is 15.3. The summed E-state index contributed by atoms with van der Waals surface area (Å²) in [5.74, 6) is 0. The van der Waals surface area contributed by atoms with Gasteiger partial charge in [0, 0.05) is 32.8 Å². The van der Waals surface area contributed by atoms with Gasteiger partial charge in [-0.25, -0.2) is 0 Å². The first-order chi connectivity index (χ1) is 4.86. The van der Waals surface area contributed by atoms with Crippen molar-refractivity contribution in [1.82, 2.24) is 9.80 Å². The Morgan fingerprint density at radius 1 is 1.10 bits per heavy atom. The van der Waals surface area contributed by atoms with Gasteiger partial charge < -0.3 is 10.6 Å². The van der Waals surface area contributed by atoms with Crippen molar-refractivity contribution < 1.29 is 0 Å². The molecule has 3 heteroatoms. The van der Waals surface area contributed by atoms with Gasteiger partial charge in [-0.15, -0.1) is 0 Å². The summed E-state index contributed by atoms with van der Waals surface area (Å²) in [5.41, 5.74) is 5.50. The van der Waals surface area contributed by atoms with Crippen LogP contribution in [0, 0.1) is 0 Å². The fourth-order valence-corrected chi connectivity index (χ4v) is 1.29. The largest absolute Gasteiger partial charge is 0.318 e. The first-order valence-corrected chi connectivity index (χ1v) is 4.01. The molecule has 60 valence electrons. The number of nitrogens with zero attached hydrogens (tertiary/aromatic N) is 2. The van der Waals surface area contributed by atoms with Crippen molar-refractivity contribution in [3.8, 4) is 0 Å². The summed E-state index contributed by atoms with van der Waals surface area (Å²) in [6, 6.07) is 0. The lowest BCUT2D eigenvalue weighted by molar-refractivity contribution is 0.140. The van der Waals surface area contributed by atoms with Crippen molar-refractivity contribution in [2.75, 3.05) is 39.4 Å². The molecule has 0 bridgehead atoms. The van der Waals surface area contributed by atoms with Crippen LogP contribution in [0.3, 0.4) is 0 Å². The number of rotatable bonds is 2. The van der Waals surface area contributed by atoms with Crippen LogP contribution < -0.4 is 5.73 Å². The van der Waals surface area contributed by atoms with Crippen LogP contribution in [0.15, 0.2) is 0 Å². The summed E-state index contributed by atoms with van der Waals surface area (Å²) in [7, 11) is 0. The van der Waals surface area contributed by atoms with E-state index in [0.29, 0.717) is 0 Å². The Bertz CT molecular complexity index is 74.9. The van der Waals surface area contributed by atoms with Gasteiger partial charge in [0.2, 0.25) is 0 Å². The van der Waals surface area contributed by atoms with Crippen LogP contribution in [0.4, 0.5) is 0 Å². The number of nitrogens with two attached hydrogens (primary N) is 1. The fourth-order valence-electron chi connectivity index (χ4n) is 1.29. The molecule has 0 aromatic rings. The second-order valence-electron chi connectivity index (χ2n) is 2.73. The molecule has 2 N–H and O–H groups in total. The van der Waals surface area contributed by atoms with Gasteiger partial charge in [0.1, 0.15) is 0 Å². The molecule has 1 rings (SSSR count). The maximum Gasteiger partial charge on any atom is 0.0456 e. The van der Waals surface area contributed by atoms with Gasteiger partial charge in [0.25, 0.3) is 0 Å². The minimum absolute atomic E-state index is 0.720. The third kappa shape index (κ3) is 1.94. The molecule has 1 heterocycles. The summed E-state index contributed by atoms with van der Waals surface area (Å²) in [4.78, 5) is 4.73. The topological polar surface area (TPSA) is 32.5 Å². The van der Waals surface area contributed by atoms with Gasteiger partial charge in [0.05, 0.1) is 0 Å². The van der Waals surface area contributed by atoms with E-state index in [1.165, 1.54) is 19.6 Å². The predicted octanol–water partition coefficient (Wildman–Crippen LogP) is -0.460. The molecule has 0 saturated carbocycles. The summed E-state index contributed by atoms with van der Waals surface area (Å²) >= 11 is 0. The standard InChI is InChI=1S/C7H17N3/c1-2-9-3-5-10(7-8)6-4-9/h2-8H2,1H3. The molecule has 0 spiro atoms. The third-order valence-electron chi connectivity index (χ3n) is 2.17. The van der Waals surface area contributed by atoms with E-state index < -0.39 is 0 Å². The minimum Gasteiger partial charge on any atom is -0.318 e. The van der Waals surface area contributed by atoms with Gasteiger partial charge in [-0.1, -0.05) is 6.92 Å². The zero-order valence-electron chi connectivity index (χ0n) is 6.71. The lowest BCUT2D eigenvalue weighted by atomic mass is 10.3. The minimum atomic E-state index is 0.720. The zero-order chi connectivity index (χ0) is 7.40. The van der Waals surface area contributed by atoms with Crippen molar-refractivity contribution in [2.24, 2.45) is 5.73 Å². The number of likely N-dealkylation sites (N-methyl/N-ethyl adjacent to an activating group) is 1. The molecule has 1 saturated heterocycles. The lowest BCUT2D eigenvalue weighted by Crippen LogP contribution is -2.47. The summed E-state index contributed by atoms with van der Waals surface area (Å²) in [5, 5.41) is 0. The molecule has 0 atom stereocenters. The van der Waals surface area contributed by atoms with Crippen LogP contribution in [0.1, 0.15) is 6.92 Å². The fraction of sp³-hybridized carbons (Fsp3) is 1.00. The van der Waals surface area contributed by atoms with E-state index in [9.17, 15) is 0 Å².